The summed E-state index contributed by atoms with van der Waals surface area (Å²) in [6.45, 7) is 1.96. The Kier molecular flexibility index (Phi) is 6.02. The van der Waals surface area contributed by atoms with Crippen LogP contribution in [0.1, 0.15) is 29.3 Å². The molecule has 0 saturated heterocycles. The highest BCUT2D eigenvalue weighted by molar-refractivity contribution is 6.36. The molecule has 0 aliphatic rings. The van der Waals surface area contributed by atoms with E-state index >= 15 is 0 Å². The Morgan fingerprint density at radius 2 is 1.87 bits per heavy atom. The van der Waals surface area contributed by atoms with Gasteiger partial charge in [0.1, 0.15) is 5.75 Å². The number of hydrazone groups is 1. The van der Waals surface area contributed by atoms with Crippen LogP contribution in [0.2, 0.25) is 10.0 Å². The third kappa shape index (κ3) is 4.47. The smallest absolute Gasteiger partial charge is 0.272 e. The Morgan fingerprint density at radius 3 is 2.43 bits per heavy atom. The number of rotatable bonds is 5. The number of ether oxygens (including phenoxy) is 1. The molecule has 120 valence electrons. The van der Waals surface area contributed by atoms with Crippen molar-refractivity contribution in [3.05, 3.63) is 63.6 Å². The van der Waals surface area contributed by atoms with Crippen molar-refractivity contribution in [1.29, 1.82) is 0 Å². The number of benzene rings is 2. The Bertz CT molecular complexity index is 728. The van der Waals surface area contributed by atoms with Crippen molar-refractivity contribution in [3.63, 3.8) is 0 Å². The fraction of sp³-hybridized carbons (Fsp3) is 0.176. The summed E-state index contributed by atoms with van der Waals surface area (Å²) in [6.07, 6.45) is 0.668. The van der Waals surface area contributed by atoms with Crippen LogP contribution in [-0.2, 0) is 0 Å². The lowest BCUT2D eigenvalue weighted by Crippen LogP contribution is -2.20. The number of hydrogen-bond acceptors (Lipinski definition) is 3. The van der Waals surface area contributed by atoms with Gasteiger partial charge in [-0.1, -0.05) is 30.1 Å². The van der Waals surface area contributed by atoms with Gasteiger partial charge in [-0.2, -0.15) is 5.10 Å². The molecule has 0 heterocycles. The van der Waals surface area contributed by atoms with Gasteiger partial charge in [0.2, 0.25) is 0 Å². The number of nitrogens with one attached hydrogen (secondary N) is 1. The van der Waals surface area contributed by atoms with Crippen molar-refractivity contribution < 1.29 is 9.53 Å². The molecule has 0 spiro atoms. The number of nitrogens with zero attached hydrogens (tertiary/aromatic N) is 1. The largest absolute Gasteiger partial charge is 0.497 e. The summed E-state index contributed by atoms with van der Waals surface area (Å²) < 4.78 is 5.13. The highest BCUT2D eigenvalue weighted by atomic mass is 35.5. The Balaban J connectivity index is 2.16. The van der Waals surface area contributed by atoms with E-state index in [9.17, 15) is 4.79 Å². The number of hydrogen-bond donors (Lipinski definition) is 1. The third-order valence-electron chi connectivity index (χ3n) is 3.23. The second kappa shape index (κ2) is 7.99. The summed E-state index contributed by atoms with van der Waals surface area (Å²) in [5, 5.41) is 4.95. The van der Waals surface area contributed by atoms with Gasteiger partial charge in [0.15, 0.2) is 0 Å². The van der Waals surface area contributed by atoms with Crippen LogP contribution in [0.3, 0.4) is 0 Å². The SMILES string of the molecule is CC/C(=N/NC(=O)c1ccc(Cl)cc1Cl)c1ccc(OC)cc1. The summed E-state index contributed by atoms with van der Waals surface area (Å²) in [7, 11) is 1.61. The molecule has 0 bridgehead atoms. The first kappa shape index (κ1) is 17.3. The summed E-state index contributed by atoms with van der Waals surface area (Å²) >= 11 is 11.8. The molecular weight excluding hydrogens is 335 g/mol. The monoisotopic (exact) mass is 350 g/mol. The molecule has 0 fully saturated rings. The average Bonchev–Trinajstić information content (AvgIpc) is 2.55. The molecule has 2 aromatic rings. The van der Waals surface area contributed by atoms with Gasteiger partial charge in [-0.25, -0.2) is 5.43 Å². The summed E-state index contributed by atoms with van der Waals surface area (Å²) in [4.78, 5) is 12.2. The highest BCUT2D eigenvalue weighted by Crippen LogP contribution is 2.21. The fourth-order valence-corrected chi connectivity index (χ4v) is 2.48. The van der Waals surface area contributed by atoms with Gasteiger partial charge in [-0.05, 0) is 54.4 Å². The lowest BCUT2D eigenvalue weighted by Gasteiger charge is -2.07. The Morgan fingerprint density at radius 1 is 1.17 bits per heavy atom. The lowest BCUT2D eigenvalue weighted by molar-refractivity contribution is 0.0955. The molecular formula is C17H16Cl2N2O2. The number of carbonyl (C=O) groups excluding carboxylic acids is 1. The van der Waals surface area contributed by atoms with Crippen LogP contribution in [-0.4, -0.2) is 18.7 Å². The summed E-state index contributed by atoms with van der Waals surface area (Å²) in [5.41, 5.74) is 4.52. The molecule has 0 aliphatic heterocycles. The molecule has 2 rings (SSSR count). The second-order valence-corrected chi connectivity index (χ2v) is 5.55. The molecule has 2 aromatic carbocycles. The molecule has 0 radical (unpaired) electrons. The maximum atomic E-state index is 12.2. The minimum absolute atomic E-state index is 0.285. The molecule has 0 aliphatic carbocycles. The van der Waals surface area contributed by atoms with Crippen molar-refractivity contribution in [1.82, 2.24) is 5.43 Å². The van der Waals surface area contributed by atoms with Gasteiger partial charge in [-0.15, -0.1) is 0 Å². The zero-order valence-corrected chi connectivity index (χ0v) is 14.3. The first-order chi connectivity index (χ1) is 11.0. The van der Waals surface area contributed by atoms with Crippen LogP contribution in [0.15, 0.2) is 47.6 Å². The Labute approximate surface area is 145 Å². The zero-order valence-electron chi connectivity index (χ0n) is 12.8. The maximum absolute atomic E-state index is 12.2. The molecule has 0 unspecified atom stereocenters. The van der Waals surface area contributed by atoms with E-state index in [1.165, 1.54) is 6.07 Å². The third-order valence-corrected chi connectivity index (χ3v) is 3.77. The normalized spacial score (nSPS) is 11.2. The van der Waals surface area contributed by atoms with Crippen LogP contribution >= 0.6 is 23.2 Å². The van der Waals surface area contributed by atoms with Crippen molar-refractivity contribution in [2.24, 2.45) is 5.10 Å². The summed E-state index contributed by atoms with van der Waals surface area (Å²) in [6, 6.07) is 12.2. The number of halogens is 2. The van der Waals surface area contributed by atoms with E-state index in [1.807, 2.05) is 31.2 Å². The first-order valence-corrected chi connectivity index (χ1v) is 7.77. The minimum atomic E-state index is -0.383. The predicted octanol–water partition coefficient (Wildman–Crippen LogP) is 4.55. The van der Waals surface area contributed by atoms with Crippen molar-refractivity contribution >= 4 is 34.8 Å². The van der Waals surface area contributed by atoms with Crippen LogP contribution < -0.4 is 10.2 Å². The van der Waals surface area contributed by atoms with Crippen LogP contribution in [0.5, 0.6) is 5.75 Å². The molecule has 6 heteroatoms. The van der Waals surface area contributed by atoms with Gasteiger partial charge < -0.3 is 4.74 Å². The van der Waals surface area contributed by atoms with E-state index in [0.29, 0.717) is 17.0 Å². The van der Waals surface area contributed by atoms with E-state index in [4.69, 9.17) is 27.9 Å². The van der Waals surface area contributed by atoms with Crippen molar-refractivity contribution in [3.8, 4) is 5.75 Å². The molecule has 4 nitrogen and oxygen atoms in total. The number of methoxy groups -OCH3 is 1. The number of carbonyl (C=O) groups is 1. The summed E-state index contributed by atoms with van der Waals surface area (Å²) in [5.74, 6) is 0.382. The lowest BCUT2D eigenvalue weighted by atomic mass is 10.1. The average molecular weight is 351 g/mol. The molecule has 1 amide bonds. The zero-order chi connectivity index (χ0) is 16.8. The van der Waals surface area contributed by atoms with E-state index in [2.05, 4.69) is 10.5 Å². The van der Waals surface area contributed by atoms with Crippen molar-refractivity contribution in [2.45, 2.75) is 13.3 Å². The standard InChI is InChI=1S/C17H16Cl2N2O2/c1-3-16(11-4-7-13(23-2)8-5-11)20-21-17(22)14-9-6-12(18)10-15(14)19/h4-10H,3H2,1-2H3,(H,21,22)/b20-16-. The topological polar surface area (TPSA) is 50.7 Å². The quantitative estimate of drug-likeness (QED) is 0.635. The molecule has 1 N–H and O–H groups in total. The van der Waals surface area contributed by atoms with Gasteiger partial charge in [0.05, 0.1) is 23.4 Å². The maximum Gasteiger partial charge on any atom is 0.272 e. The van der Waals surface area contributed by atoms with Gasteiger partial charge in [0, 0.05) is 5.02 Å². The van der Waals surface area contributed by atoms with E-state index < -0.39 is 0 Å². The van der Waals surface area contributed by atoms with Gasteiger partial charge in [-0.3, -0.25) is 4.79 Å². The fourth-order valence-electron chi connectivity index (χ4n) is 1.98. The van der Waals surface area contributed by atoms with Crippen LogP contribution in [0, 0.1) is 0 Å². The second-order valence-electron chi connectivity index (χ2n) is 4.71. The van der Waals surface area contributed by atoms with E-state index in [-0.39, 0.29) is 10.9 Å². The van der Waals surface area contributed by atoms with Crippen molar-refractivity contribution in [2.75, 3.05) is 7.11 Å². The van der Waals surface area contributed by atoms with E-state index in [1.54, 1.807) is 19.2 Å². The van der Waals surface area contributed by atoms with E-state index in [0.717, 1.165) is 17.0 Å². The van der Waals surface area contributed by atoms with Crippen LogP contribution in [0.25, 0.3) is 0 Å². The molecule has 0 aromatic heterocycles. The first-order valence-electron chi connectivity index (χ1n) is 7.01. The number of amides is 1. The Hall–Kier alpha value is -2.04. The van der Waals surface area contributed by atoms with Gasteiger partial charge >= 0.3 is 0 Å². The predicted molar refractivity (Wildman–Crippen MR) is 93.8 cm³/mol. The molecule has 0 atom stereocenters. The molecule has 0 saturated carbocycles. The highest BCUT2D eigenvalue weighted by Gasteiger charge is 2.10. The minimum Gasteiger partial charge on any atom is -0.497 e. The molecule has 23 heavy (non-hydrogen) atoms. The van der Waals surface area contributed by atoms with Crippen LogP contribution in [0.4, 0.5) is 0 Å². The van der Waals surface area contributed by atoms with Gasteiger partial charge in [0.25, 0.3) is 5.91 Å².